The molecule has 0 saturated carbocycles. The molecule has 0 unspecified atom stereocenters. The summed E-state index contributed by atoms with van der Waals surface area (Å²) < 4.78 is 30.6. The molecule has 0 atom stereocenters. The van der Waals surface area contributed by atoms with Gasteiger partial charge >= 0.3 is 0 Å². The van der Waals surface area contributed by atoms with Gasteiger partial charge < -0.3 is 30.2 Å². The Kier molecular flexibility index (Phi) is 7.93. The van der Waals surface area contributed by atoms with Crippen LogP contribution in [-0.2, 0) is 19.0 Å². The number of carbonyl (C=O) groups excluding carboxylic acids is 1. The Bertz CT molecular complexity index is 1240. The summed E-state index contributed by atoms with van der Waals surface area (Å²) in [6.07, 6.45) is 1.80. The van der Waals surface area contributed by atoms with Crippen molar-refractivity contribution < 1.29 is 23.4 Å². The summed E-state index contributed by atoms with van der Waals surface area (Å²) in [6.45, 7) is 7.06. The van der Waals surface area contributed by atoms with E-state index in [4.69, 9.17) is 29.9 Å². The lowest BCUT2D eigenvalue weighted by Gasteiger charge is -2.34. The van der Waals surface area contributed by atoms with Crippen molar-refractivity contribution in [3.8, 4) is 22.6 Å². The molecule has 11 nitrogen and oxygen atoms in total. The first-order chi connectivity index (χ1) is 18.4. The number of primary amides is 1. The van der Waals surface area contributed by atoms with Gasteiger partial charge in [-0.2, -0.15) is 0 Å². The lowest BCUT2D eigenvalue weighted by atomic mass is 9.91. The molecule has 12 heteroatoms. The number of halogens is 1. The minimum absolute atomic E-state index is 0.0982. The van der Waals surface area contributed by atoms with E-state index in [2.05, 4.69) is 20.2 Å². The third-order valence-electron chi connectivity index (χ3n) is 6.71. The zero-order chi connectivity index (χ0) is 26.5. The fourth-order valence-electron chi connectivity index (χ4n) is 4.33. The molecule has 2 saturated heterocycles. The number of hydrogen-bond donors (Lipinski definition) is 3. The maximum Gasteiger partial charge on any atom is 0.228 e. The number of nitrogens with zero attached hydrogens (tertiary/aromatic N) is 4. The molecule has 1 aromatic carbocycles. The van der Waals surface area contributed by atoms with Crippen LogP contribution < -0.4 is 11.1 Å². The number of rotatable bonds is 9. The summed E-state index contributed by atoms with van der Waals surface area (Å²) in [5.74, 6) is 0.0629. The standard InChI is InChI=1S/C26H32FN7O4/c1-26(24(28)35)15-37-23(38-16-26)22-32-20(17-3-5-18(27)6-4-17)21(33-22)19-7-9-30-25(31-19)29-8-2-10-34-11-13-36-14-12-34/h3-7,9,23H,2,8,10-16H2,1H3,(H2,28,35)(H,32,33)(H,29,30,31). The molecule has 4 N–H and O–H groups in total. The molecular formula is C26H32FN7O4. The lowest BCUT2D eigenvalue weighted by Crippen LogP contribution is -2.46. The maximum absolute atomic E-state index is 13.6. The number of amides is 1. The van der Waals surface area contributed by atoms with Gasteiger partial charge in [-0.3, -0.25) is 9.69 Å². The average molecular weight is 526 g/mol. The van der Waals surface area contributed by atoms with Gasteiger partial charge in [-0.25, -0.2) is 19.3 Å². The molecule has 2 fully saturated rings. The smallest absolute Gasteiger partial charge is 0.228 e. The van der Waals surface area contributed by atoms with Gasteiger partial charge in [0.05, 0.1) is 48.9 Å². The van der Waals surface area contributed by atoms with Crippen molar-refractivity contribution in [2.24, 2.45) is 11.1 Å². The minimum Gasteiger partial charge on any atom is -0.379 e. The number of ether oxygens (including phenoxy) is 3. The van der Waals surface area contributed by atoms with E-state index < -0.39 is 17.6 Å². The zero-order valence-electron chi connectivity index (χ0n) is 21.3. The number of hydrogen-bond acceptors (Lipinski definition) is 9. The van der Waals surface area contributed by atoms with Gasteiger partial charge in [0.2, 0.25) is 18.1 Å². The monoisotopic (exact) mass is 525 g/mol. The number of nitrogens with one attached hydrogen (secondary N) is 2. The van der Waals surface area contributed by atoms with Crippen LogP contribution in [0.15, 0.2) is 36.5 Å². The topological polar surface area (TPSA) is 141 Å². The van der Waals surface area contributed by atoms with Crippen molar-refractivity contribution in [1.82, 2.24) is 24.8 Å². The second-order valence-electron chi connectivity index (χ2n) is 9.73. The van der Waals surface area contributed by atoms with E-state index in [1.165, 1.54) is 12.1 Å². The summed E-state index contributed by atoms with van der Waals surface area (Å²) in [7, 11) is 0. The SMILES string of the molecule is CC1(C(N)=O)COC(c2nc(-c3ccc(F)cc3)c(-c3ccnc(NCCCN4CCOCC4)n3)[nH]2)OC1. The summed E-state index contributed by atoms with van der Waals surface area (Å²) in [4.78, 5) is 31.2. The number of morpholine rings is 1. The average Bonchev–Trinajstić information content (AvgIpc) is 3.38. The molecule has 0 radical (unpaired) electrons. The third kappa shape index (κ3) is 5.99. The van der Waals surface area contributed by atoms with Crippen LogP contribution in [0.4, 0.5) is 10.3 Å². The second kappa shape index (κ2) is 11.5. The normalized spacial score (nSPS) is 22.3. The van der Waals surface area contributed by atoms with Crippen LogP contribution in [0.2, 0.25) is 0 Å². The van der Waals surface area contributed by atoms with Crippen LogP contribution in [0, 0.1) is 11.2 Å². The largest absolute Gasteiger partial charge is 0.379 e. The van der Waals surface area contributed by atoms with Crippen molar-refractivity contribution >= 4 is 11.9 Å². The highest BCUT2D eigenvalue weighted by molar-refractivity contribution is 5.81. The van der Waals surface area contributed by atoms with Gasteiger partial charge in [0.1, 0.15) is 5.82 Å². The van der Waals surface area contributed by atoms with Gasteiger partial charge in [0.15, 0.2) is 5.82 Å². The van der Waals surface area contributed by atoms with Gasteiger partial charge in [-0.05, 0) is 50.2 Å². The Balaban J connectivity index is 1.34. The summed E-state index contributed by atoms with van der Waals surface area (Å²) in [5.41, 5.74) is 7.05. The van der Waals surface area contributed by atoms with Crippen LogP contribution in [0.1, 0.15) is 25.5 Å². The Morgan fingerprint density at radius 1 is 1.18 bits per heavy atom. The van der Waals surface area contributed by atoms with E-state index >= 15 is 0 Å². The van der Waals surface area contributed by atoms with E-state index in [1.807, 2.05) is 0 Å². The molecule has 3 aromatic rings. The Morgan fingerprint density at radius 2 is 1.92 bits per heavy atom. The molecule has 4 heterocycles. The van der Waals surface area contributed by atoms with Gasteiger partial charge in [-0.1, -0.05) is 0 Å². The number of aromatic nitrogens is 4. The molecule has 0 aliphatic carbocycles. The number of carbonyl (C=O) groups is 1. The number of benzene rings is 1. The molecule has 5 rings (SSSR count). The predicted molar refractivity (Wildman–Crippen MR) is 137 cm³/mol. The summed E-state index contributed by atoms with van der Waals surface area (Å²) in [6, 6.07) is 7.83. The van der Waals surface area contributed by atoms with E-state index in [1.54, 1.807) is 31.3 Å². The summed E-state index contributed by atoms with van der Waals surface area (Å²) in [5, 5.41) is 3.29. The molecule has 38 heavy (non-hydrogen) atoms. The highest BCUT2D eigenvalue weighted by atomic mass is 19.1. The van der Waals surface area contributed by atoms with Crippen molar-refractivity contribution in [3.63, 3.8) is 0 Å². The molecular weight excluding hydrogens is 493 g/mol. The second-order valence-corrected chi connectivity index (χ2v) is 9.73. The van der Waals surface area contributed by atoms with Gasteiger partial charge in [0.25, 0.3) is 0 Å². The highest BCUT2D eigenvalue weighted by Crippen LogP contribution is 2.35. The van der Waals surface area contributed by atoms with E-state index in [-0.39, 0.29) is 19.0 Å². The molecule has 202 valence electrons. The molecule has 0 bridgehead atoms. The number of imidazole rings is 1. The van der Waals surface area contributed by atoms with E-state index in [9.17, 15) is 9.18 Å². The number of anilines is 1. The van der Waals surface area contributed by atoms with Crippen molar-refractivity contribution in [2.75, 3.05) is 57.9 Å². The van der Waals surface area contributed by atoms with E-state index in [0.717, 1.165) is 45.8 Å². The van der Waals surface area contributed by atoms with Crippen molar-refractivity contribution in [1.29, 1.82) is 0 Å². The predicted octanol–water partition coefficient (Wildman–Crippen LogP) is 2.34. The molecule has 2 aliphatic heterocycles. The van der Waals surface area contributed by atoms with Crippen molar-refractivity contribution in [3.05, 3.63) is 48.2 Å². The summed E-state index contributed by atoms with van der Waals surface area (Å²) >= 11 is 0. The lowest BCUT2D eigenvalue weighted by molar-refractivity contribution is -0.230. The van der Waals surface area contributed by atoms with Gasteiger partial charge in [0, 0.05) is 31.4 Å². The number of H-pyrrole nitrogens is 1. The van der Waals surface area contributed by atoms with Crippen LogP contribution in [0.3, 0.4) is 0 Å². The maximum atomic E-state index is 13.6. The first-order valence-electron chi connectivity index (χ1n) is 12.7. The molecule has 2 aromatic heterocycles. The van der Waals surface area contributed by atoms with Gasteiger partial charge in [-0.15, -0.1) is 0 Å². The Morgan fingerprint density at radius 3 is 2.63 bits per heavy atom. The first-order valence-corrected chi connectivity index (χ1v) is 12.7. The molecule has 0 spiro atoms. The Labute approximate surface area is 219 Å². The zero-order valence-corrected chi connectivity index (χ0v) is 21.3. The number of nitrogens with two attached hydrogens (primary N) is 1. The van der Waals surface area contributed by atoms with Crippen LogP contribution in [0.5, 0.6) is 0 Å². The minimum atomic E-state index is -0.916. The fraction of sp³-hybridized carbons (Fsp3) is 0.462. The highest BCUT2D eigenvalue weighted by Gasteiger charge is 2.39. The fourth-order valence-corrected chi connectivity index (χ4v) is 4.33. The quantitative estimate of drug-likeness (QED) is 0.359. The van der Waals surface area contributed by atoms with Crippen LogP contribution >= 0.6 is 0 Å². The van der Waals surface area contributed by atoms with Crippen LogP contribution in [-0.4, -0.2) is 83.3 Å². The molecule has 1 amide bonds. The van der Waals surface area contributed by atoms with E-state index in [0.29, 0.717) is 34.4 Å². The molecule has 2 aliphatic rings. The van der Waals surface area contributed by atoms with Crippen LogP contribution in [0.25, 0.3) is 22.6 Å². The Hall–Kier alpha value is -3.45. The van der Waals surface area contributed by atoms with Crippen molar-refractivity contribution in [2.45, 2.75) is 19.6 Å². The third-order valence-corrected chi connectivity index (χ3v) is 6.71. The first kappa shape index (κ1) is 26.2. The number of aromatic amines is 1.